The predicted octanol–water partition coefficient (Wildman–Crippen LogP) is -0.508. The number of fused-ring (bicyclic) bond motifs is 1. The third-order valence-corrected chi connectivity index (χ3v) is 3.28. The highest BCUT2D eigenvalue weighted by molar-refractivity contribution is 5.83. The summed E-state index contributed by atoms with van der Waals surface area (Å²) in [6.45, 7) is 1.41. The van der Waals surface area contributed by atoms with Crippen LogP contribution in [0.1, 0.15) is 11.4 Å². The number of carboxylic acid groups (broad SMARTS) is 1. The molecule has 2 heterocycles. The third kappa shape index (κ3) is 3.08. The summed E-state index contributed by atoms with van der Waals surface area (Å²) >= 11 is 0. The van der Waals surface area contributed by atoms with Crippen LogP contribution in [0.2, 0.25) is 0 Å². The SMILES string of the molecule is CN(C)CCNC(=O)N1Cc2[nH]cnc2CC1C(=O)O. The molecule has 20 heavy (non-hydrogen) atoms. The van der Waals surface area contributed by atoms with Crippen LogP contribution in [-0.2, 0) is 17.8 Å². The van der Waals surface area contributed by atoms with Gasteiger partial charge in [-0.3, -0.25) is 0 Å². The number of nitrogens with one attached hydrogen (secondary N) is 2. The van der Waals surface area contributed by atoms with Crippen molar-refractivity contribution in [1.82, 2.24) is 25.1 Å². The Hall–Kier alpha value is -2.09. The highest BCUT2D eigenvalue weighted by Crippen LogP contribution is 2.20. The lowest BCUT2D eigenvalue weighted by Crippen LogP contribution is -2.53. The molecule has 2 rings (SSSR count). The van der Waals surface area contributed by atoms with Crippen molar-refractivity contribution in [2.45, 2.75) is 19.0 Å². The molecule has 1 aliphatic heterocycles. The van der Waals surface area contributed by atoms with Gasteiger partial charge in [0.25, 0.3) is 0 Å². The highest BCUT2D eigenvalue weighted by Gasteiger charge is 2.35. The van der Waals surface area contributed by atoms with Crippen LogP contribution in [0.25, 0.3) is 0 Å². The molecule has 0 aliphatic carbocycles. The zero-order valence-corrected chi connectivity index (χ0v) is 11.6. The van der Waals surface area contributed by atoms with Crippen molar-refractivity contribution >= 4 is 12.0 Å². The molecule has 0 saturated heterocycles. The van der Waals surface area contributed by atoms with Crippen LogP contribution in [0.4, 0.5) is 4.79 Å². The first-order chi connectivity index (χ1) is 9.49. The average Bonchev–Trinajstić information content (AvgIpc) is 2.83. The largest absolute Gasteiger partial charge is 0.480 e. The van der Waals surface area contributed by atoms with Crippen LogP contribution >= 0.6 is 0 Å². The molecule has 1 unspecified atom stereocenters. The van der Waals surface area contributed by atoms with Crippen molar-refractivity contribution in [2.75, 3.05) is 27.2 Å². The summed E-state index contributed by atoms with van der Waals surface area (Å²) in [6, 6.07) is -1.23. The number of carbonyl (C=O) groups excluding carboxylic acids is 1. The van der Waals surface area contributed by atoms with E-state index >= 15 is 0 Å². The van der Waals surface area contributed by atoms with Crippen LogP contribution in [0, 0.1) is 0 Å². The fourth-order valence-corrected chi connectivity index (χ4v) is 2.16. The Kier molecular flexibility index (Phi) is 4.23. The lowest BCUT2D eigenvalue weighted by atomic mass is 10.0. The van der Waals surface area contributed by atoms with Crippen LogP contribution in [0.15, 0.2) is 6.33 Å². The van der Waals surface area contributed by atoms with Gasteiger partial charge in [-0.05, 0) is 14.1 Å². The maximum absolute atomic E-state index is 12.1. The first kappa shape index (κ1) is 14.3. The molecular weight excluding hydrogens is 262 g/mol. The maximum Gasteiger partial charge on any atom is 0.326 e. The molecule has 1 aromatic rings. The van der Waals surface area contributed by atoms with Crippen molar-refractivity contribution in [3.05, 3.63) is 17.7 Å². The zero-order valence-electron chi connectivity index (χ0n) is 11.6. The minimum Gasteiger partial charge on any atom is -0.480 e. The molecule has 0 aromatic carbocycles. The van der Waals surface area contributed by atoms with E-state index in [-0.39, 0.29) is 19.0 Å². The molecule has 2 amide bonds. The van der Waals surface area contributed by atoms with Gasteiger partial charge in [0.1, 0.15) is 6.04 Å². The number of aromatic nitrogens is 2. The predicted molar refractivity (Wildman–Crippen MR) is 71.2 cm³/mol. The zero-order chi connectivity index (χ0) is 14.7. The second kappa shape index (κ2) is 5.91. The Morgan fingerprint density at radius 1 is 1.60 bits per heavy atom. The van der Waals surface area contributed by atoms with Crippen molar-refractivity contribution in [3.8, 4) is 0 Å². The summed E-state index contributed by atoms with van der Waals surface area (Å²) in [7, 11) is 3.81. The number of urea groups is 1. The van der Waals surface area contributed by atoms with Crippen molar-refractivity contribution < 1.29 is 14.7 Å². The Morgan fingerprint density at radius 3 is 3.00 bits per heavy atom. The molecule has 1 aromatic heterocycles. The van der Waals surface area contributed by atoms with Gasteiger partial charge in [-0.2, -0.15) is 0 Å². The lowest BCUT2D eigenvalue weighted by molar-refractivity contribution is -0.142. The summed E-state index contributed by atoms with van der Waals surface area (Å²) in [5, 5.41) is 12.0. The van der Waals surface area contributed by atoms with E-state index in [4.69, 9.17) is 0 Å². The summed E-state index contributed by atoms with van der Waals surface area (Å²) in [6.07, 6.45) is 1.76. The van der Waals surface area contributed by atoms with Crippen molar-refractivity contribution in [2.24, 2.45) is 0 Å². The molecule has 0 saturated carbocycles. The number of rotatable bonds is 4. The Morgan fingerprint density at radius 2 is 2.35 bits per heavy atom. The van der Waals surface area contributed by atoms with E-state index in [1.54, 1.807) is 0 Å². The van der Waals surface area contributed by atoms with Gasteiger partial charge in [0.2, 0.25) is 0 Å². The van der Waals surface area contributed by atoms with E-state index in [1.807, 2.05) is 19.0 Å². The van der Waals surface area contributed by atoms with E-state index in [0.717, 1.165) is 11.4 Å². The minimum absolute atomic E-state index is 0.231. The van der Waals surface area contributed by atoms with Crippen molar-refractivity contribution in [3.63, 3.8) is 0 Å². The second-order valence-electron chi connectivity index (χ2n) is 5.05. The van der Waals surface area contributed by atoms with E-state index in [0.29, 0.717) is 13.1 Å². The van der Waals surface area contributed by atoms with Gasteiger partial charge in [-0.15, -0.1) is 0 Å². The molecule has 110 valence electrons. The number of aromatic amines is 1. The van der Waals surface area contributed by atoms with Gasteiger partial charge in [0, 0.05) is 19.5 Å². The molecule has 0 bridgehead atoms. The lowest BCUT2D eigenvalue weighted by Gasteiger charge is -2.32. The van der Waals surface area contributed by atoms with E-state index in [2.05, 4.69) is 15.3 Å². The fraction of sp³-hybridized carbons (Fsp3) is 0.583. The smallest absolute Gasteiger partial charge is 0.326 e. The van der Waals surface area contributed by atoms with Crippen LogP contribution < -0.4 is 5.32 Å². The molecule has 0 spiro atoms. The van der Waals surface area contributed by atoms with E-state index in [1.165, 1.54) is 11.2 Å². The van der Waals surface area contributed by atoms with Gasteiger partial charge < -0.3 is 25.2 Å². The quantitative estimate of drug-likeness (QED) is 0.690. The fourth-order valence-electron chi connectivity index (χ4n) is 2.16. The monoisotopic (exact) mass is 281 g/mol. The van der Waals surface area contributed by atoms with Gasteiger partial charge in [-0.25, -0.2) is 14.6 Å². The number of amides is 2. The van der Waals surface area contributed by atoms with Crippen LogP contribution in [0.3, 0.4) is 0 Å². The molecule has 8 nitrogen and oxygen atoms in total. The molecule has 0 radical (unpaired) electrons. The molecule has 8 heteroatoms. The number of H-pyrrole nitrogens is 1. The number of nitrogens with zero attached hydrogens (tertiary/aromatic N) is 3. The highest BCUT2D eigenvalue weighted by atomic mass is 16.4. The number of carbonyl (C=O) groups is 2. The van der Waals surface area contributed by atoms with Gasteiger partial charge in [-0.1, -0.05) is 0 Å². The number of hydrogen-bond donors (Lipinski definition) is 3. The van der Waals surface area contributed by atoms with Crippen molar-refractivity contribution in [1.29, 1.82) is 0 Å². The number of likely N-dealkylation sites (N-methyl/N-ethyl adjacent to an activating group) is 1. The van der Waals surface area contributed by atoms with Crippen LogP contribution in [0.5, 0.6) is 0 Å². The summed E-state index contributed by atoms with van der Waals surface area (Å²) in [5.41, 5.74) is 1.51. The van der Waals surface area contributed by atoms with Gasteiger partial charge in [0.05, 0.1) is 24.3 Å². The van der Waals surface area contributed by atoms with Gasteiger partial charge >= 0.3 is 12.0 Å². The summed E-state index contributed by atoms with van der Waals surface area (Å²) in [5.74, 6) is -1.01. The molecule has 0 fully saturated rings. The normalized spacial score (nSPS) is 17.9. The number of carboxylic acids is 1. The standard InChI is InChI=1S/C12H19N5O3/c1-16(2)4-3-13-12(20)17-6-9-8(14-7-15-9)5-10(17)11(18)19/h7,10H,3-6H2,1-2H3,(H,13,20)(H,14,15)(H,18,19). The second-order valence-corrected chi connectivity index (χ2v) is 5.05. The van der Waals surface area contributed by atoms with Gasteiger partial charge in [0.15, 0.2) is 0 Å². The third-order valence-electron chi connectivity index (χ3n) is 3.28. The topological polar surface area (TPSA) is 102 Å². The minimum atomic E-state index is -1.01. The van der Waals surface area contributed by atoms with E-state index < -0.39 is 12.0 Å². The first-order valence-corrected chi connectivity index (χ1v) is 6.42. The average molecular weight is 281 g/mol. The van der Waals surface area contributed by atoms with Crippen LogP contribution in [-0.4, -0.2) is 70.1 Å². The molecule has 1 atom stereocenters. The Labute approximate surface area is 116 Å². The summed E-state index contributed by atoms with van der Waals surface area (Å²) in [4.78, 5) is 33.7. The first-order valence-electron chi connectivity index (χ1n) is 6.42. The molecule has 1 aliphatic rings. The molecule has 3 N–H and O–H groups in total. The molecular formula is C12H19N5O3. The number of aliphatic carboxylic acids is 1. The summed E-state index contributed by atoms with van der Waals surface area (Å²) < 4.78 is 0. The number of hydrogen-bond acceptors (Lipinski definition) is 4. The van der Waals surface area contributed by atoms with E-state index in [9.17, 15) is 14.7 Å². The maximum atomic E-state index is 12.1. The number of imidazole rings is 1. The Bertz CT molecular complexity index is 499. The Balaban J connectivity index is 2.04.